The maximum atomic E-state index is 13.2. The summed E-state index contributed by atoms with van der Waals surface area (Å²) >= 11 is 0. The van der Waals surface area contributed by atoms with Crippen molar-refractivity contribution in [3.8, 4) is 0 Å². The van der Waals surface area contributed by atoms with Gasteiger partial charge in [0.25, 0.3) is 0 Å². The van der Waals surface area contributed by atoms with E-state index in [1.165, 1.54) is 44.9 Å². The molecule has 4 saturated carbocycles. The fourth-order valence-corrected chi connectivity index (χ4v) is 10.2. The highest BCUT2D eigenvalue weighted by Crippen LogP contribution is 2.67. The van der Waals surface area contributed by atoms with E-state index >= 15 is 0 Å². The van der Waals surface area contributed by atoms with Crippen molar-refractivity contribution in [3.05, 3.63) is 12.7 Å². The van der Waals surface area contributed by atoms with E-state index in [9.17, 15) is 4.79 Å². The summed E-state index contributed by atoms with van der Waals surface area (Å²) < 4.78 is 6.91. The smallest absolute Gasteiger partial charge is 0.192 e. The van der Waals surface area contributed by atoms with Crippen LogP contribution < -0.4 is 0 Å². The molecule has 4 aliphatic rings. The predicted molar refractivity (Wildman–Crippen MR) is 137 cm³/mol. The van der Waals surface area contributed by atoms with E-state index in [1.807, 2.05) is 6.08 Å². The van der Waals surface area contributed by atoms with Crippen molar-refractivity contribution in [1.82, 2.24) is 0 Å². The van der Waals surface area contributed by atoms with Crippen LogP contribution in [0.3, 0.4) is 0 Å². The predicted octanol–water partition coefficient (Wildman–Crippen LogP) is 8.04. The number of allylic oxidation sites excluding steroid dienone is 1. The normalized spacial score (nSPS) is 45.6. The number of hydrogen-bond donors (Lipinski definition) is 0. The SMILES string of the molecule is C=C[C@@H](C)[C@H]1C(=O)C[C@H]2[C@@H]3CCC4CC(O[Si](C)(C)C(C)(C)C)CC[C@]4(C)[C@H]3CC[C@]12C. The maximum Gasteiger partial charge on any atom is 0.192 e. The number of fused-ring (bicyclic) bond motifs is 5. The zero-order valence-electron chi connectivity index (χ0n) is 22.3. The number of rotatable bonds is 4. The molecule has 0 aromatic rings. The molecule has 0 radical (unpaired) electrons. The second-order valence-electron chi connectivity index (χ2n) is 14.2. The minimum absolute atomic E-state index is 0.192. The van der Waals surface area contributed by atoms with Gasteiger partial charge in [0.15, 0.2) is 8.32 Å². The molecule has 3 heteroatoms. The number of carbonyl (C=O) groups excluding carboxylic acids is 1. The van der Waals surface area contributed by atoms with E-state index in [0.717, 1.165) is 24.2 Å². The Kier molecular flexibility index (Phi) is 6.23. The molecule has 0 saturated heterocycles. The third-order valence-corrected chi connectivity index (χ3v) is 16.2. The maximum absolute atomic E-state index is 13.2. The van der Waals surface area contributed by atoms with E-state index in [2.05, 4.69) is 61.2 Å². The molecule has 2 unspecified atom stereocenters. The van der Waals surface area contributed by atoms with Crippen molar-refractivity contribution in [1.29, 1.82) is 0 Å². The Balaban J connectivity index is 1.51. The molecule has 0 spiro atoms. The lowest BCUT2D eigenvalue weighted by molar-refractivity contribution is -0.129. The molecule has 0 amide bonds. The quantitative estimate of drug-likeness (QED) is 0.315. The Bertz CT molecular complexity index is 751. The molecule has 0 aromatic carbocycles. The van der Waals surface area contributed by atoms with Gasteiger partial charge in [-0.3, -0.25) is 4.79 Å². The van der Waals surface area contributed by atoms with Crippen molar-refractivity contribution >= 4 is 14.1 Å². The van der Waals surface area contributed by atoms with Gasteiger partial charge in [-0.2, -0.15) is 0 Å². The molecule has 9 atom stereocenters. The third-order valence-electron chi connectivity index (χ3n) is 11.7. The number of hydrogen-bond acceptors (Lipinski definition) is 2. The Morgan fingerprint density at radius 3 is 2.34 bits per heavy atom. The van der Waals surface area contributed by atoms with Gasteiger partial charge < -0.3 is 4.43 Å². The monoisotopic (exact) mass is 458 g/mol. The van der Waals surface area contributed by atoms with Crippen LogP contribution in [-0.4, -0.2) is 20.2 Å². The lowest BCUT2D eigenvalue weighted by atomic mass is 9.44. The number of carbonyl (C=O) groups is 1. The van der Waals surface area contributed by atoms with Crippen LogP contribution in [0.4, 0.5) is 0 Å². The first kappa shape index (κ1) is 24.7. The zero-order valence-corrected chi connectivity index (χ0v) is 23.3. The van der Waals surface area contributed by atoms with E-state index in [-0.39, 0.29) is 16.4 Å². The first-order valence-electron chi connectivity index (χ1n) is 13.6. The first-order valence-corrected chi connectivity index (χ1v) is 16.5. The van der Waals surface area contributed by atoms with Crippen molar-refractivity contribution in [2.24, 2.45) is 46.3 Å². The van der Waals surface area contributed by atoms with Gasteiger partial charge in [0.1, 0.15) is 5.78 Å². The molecular weight excluding hydrogens is 408 g/mol. The van der Waals surface area contributed by atoms with Gasteiger partial charge >= 0.3 is 0 Å². The average Bonchev–Trinajstić information content (AvgIpc) is 2.96. The topological polar surface area (TPSA) is 26.3 Å². The standard InChI is InChI=1S/C29H50O2Si/c1-10-19(2)26-25(30)18-24-22-12-11-20-17-21(31-32(8,9)27(3,4)5)13-15-28(20,6)23(22)14-16-29(24,26)7/h10,19-24,26H,1,11-18H2,2-9H3/t19-,20?,21?,22-,23+,24+,26+,28+,29+/m1/s1. The summed E-state index contributed by atoms with van der Waals surface area (Å²) in [5.74, 6) is 3.99. The van der Waals surface area contributed by atoms with Crippen LogP contribution in [0.2, 0.25) is 18.1 Å². The molecule has 4 aliphatic carbocycles. The van der Waals surface area contributed by atoms with E-state index in [1.54, 1.807) is 0 Å². The lowest BCUT2D eigenvalue weighted by Gasteiger charge is -2.61. The number of Topliss-reactive ketones (excluding diaryl/α,β-unsaturated/α-hetero) is 1. The van der Waals surface area contributed by atoms with Crippen molar-refractivity contribution < 1.29 is 9.22 Å². The highest BCUT2D eigenvalue weighted by Gasteiger charge is 2.63. The van der Waals surface area contributed by atoms with Gasteiger partial charge in [0, 0.05) is 18.4 Å². The van der Waals surface area contributed by atoms with Crippen LogP contribution in [0.5, 0.6) is 0 Å². The summed E-state index contributed by atoms with van der Waals surface area (Å²) in [6, 6.07) is 0. The third kappa shape index (κ3) is 3.72. The molecule has 0 bridgehead atoms. The van der Waals surface area contributed by atoms with Gasteiger partial charge in [0.05, 0.1) is 0 Å². The second-order valence-corrected chi connectivity index (χ2v) is 19.0. The summed E-state index contributed by atoms with van der Waals surface area (Å²) in [6.45, 7) is 23.3. The highest BCUT2D eigenvalue weighted by molar-refractivity contribution is 6.74. The van der Waals surface area contributed by atoms with Gasteiger partial charge in [-0.15, -0.1) is 6.58 Å². The van der Waals surface area contributed by atoms with E-state index in [0.29, 0.717) is 29.1 Å². The van der Waals surface area contributed by atoms with Crippen molar-refractivity contribution in [2.45, 2.75) is 117 Å². The van der Waals surface area contributed by atoms with Gasteiger partial charge in [-0.1, -0.05) is 47.6 Å². The fourth-order valence-electron chi connectivity index (χ4n) is 8.78. The Labute approximate surface area is 199 Å². The Hall–Kier alpha value is -0.413. The fraction of sp³-hybridized carbons (Fsp3) is 0.897. The van der Waals surface area contributed by atoms with Gasteiger partial charge in [-0.25, -0.2) is 0 Å². The summed E-state index contributed by atoms with van der Waals surface area (Å²) in [5, 5.41) is 0.285. The molecule has 0 aromatic heterocycles. The zero-order chi connectivity index (χ0) is 23.7. The first-order chi connectivity index (χ1) is 14.7. The minimum atomic E-state index is -1.71. The molecule has 4 fully saturated rings. The van der Waals surface area contributed by atoms with Crippen molar-refractivity contribution in [3.63, 3.8) is 0 Å². The van der Waals surface area contributed by atoms with Crippen molar-refractivity contribution in [2.75, 3.05) is 0 Å². The summed E-state index contributed by atoms with van der Waals surface area (Å²) in [5.41, 5.74) is 0.639. The van der Waals surface area contributed by atoms with Crippen LogP contribution in [0.15, 0.2) is 12.7 Å². The second kappa shape index (κ2) is 8.07. The van der Waals surface area contributed by atoms with Crippen LogP contribution in [0.25, 0.3) is 0 Å². The molecular formula is C29H50O2Si. The minimum Gasteiger partial charge on any atom is -0.414 e. The molecule has 182 valence electrons. The summed E-state index contributed by atoms with van der Waals surface area (Å²) in [4.78, 5) is 13.2. The highest BCUT2D eigenvalue weighted by atomic mass is 28.4. The molecule has 0 heterocycles. The molecule has 0 aliphatic heterocycles. The van der Waals surface area contributed by atoms with E-state index in [4.69, 9.17) is 4.43 Å². The van der Waals surface area contributed by atoms with Crippen LogP contribution in [0, 0.1) is 46.3 Å². The van der Waals surface area contributed by atoms with Gasteiger partial charge in [-0.05, 0) is 103 Å². The van der Waals surface area contributed by atoms with Gasteiger partial charge in [0.2, 0.25) is 0 Å². The molecule has 32 heavy (non-hydrogen) atoms. The summed E-state index contributed by atoms with van der Waals surface area (Å²) in [6.07, 6.45) is 12.4. The van der Waals surface area contributed by atoms with E-state index < -0.39 is 8.32 Å². The summed E-state index contributed by atoms with van der Waals surface area (Å²) in [7, 11) is -1.71. The van der Waals surface area contributed by atoms with Crippen LogP contribution >= 0.6 is 0 Å². The molecule has 0 N–H and O–H groups in total. The van der Waals surface area contributed by atoms with Crippen LogP contribution in [-0.2, 0) is 9.22 Å². The average molecular weight is 459 g/mol. The largest absolute Gasteiger partial charge is 0.414 e. The molecule has 4 rings (SSSR count). The Morgan fingerprint density at radius 1 is 1.06 bits per heavy atom. The van der Waals surface area contributed by atoms with Crippen LogP contribution in [0.1, 0.15) is 92.9 Å². The number of ketones is 1. The Morgan fingerprint density at radius 2 is 1.72 bits per heavy atom. The lowest BCUT2D eigenvalue weighted by Crippen LogP contribution is -2.55. The molecule has 2 nitrogen and oxygen atoms in total.